The van der Waals surface area contributed by atoms with Gasteiger partial charge in [0, 0.05) is 31.3 Å². The first-order valence-electron chi connectivity index (χ1n) is 13.6. The van der Waals surface area contributed by atoms with Crippen LogP contribution in [0.3, 0.4) is 0 Å². The molecule has 0 unspecified atom stereocenters. The highest BCUT2D eigenvalue weighted by atomic mass is 32.2. The van der Waals surface area contributed by atoms with E-state index in [0.29, 0.717) is 11.3 Å². The normalized spacial score (nSPS) is 25.3. The van der Waals surface area contributed by atoms with Gasteiger partial charge in [-0.1, -0.05) is 11.8 Å². The molecule has 4 rings (SSSR count). The number of nitrogens with one attached hydrogen (secondary N) is 1. The minimum atomic E-state index is -3.58. The predicted molar refractivity (Wildman–Crippen MR) is 157 cm³/mol. The second kappa shape index (κ2) is 11.0. The molecule has 0 aliphatic heterocycles. The zero-order chi connectivity index (χ0) is 32.3. The number of phenols is 1. The molecule has 0 saturated heterocycles. The number of aromatic hydroxyl groups is 1. The number of amides is 1. The van der Waals surface area contributed by atoms with Gasteiger partial charge in [0.1, 0.15) is 22.8 Å². The van der Waals surface area contributed by atoms with Gasteiger partial charge >= 0.3 is 0 Å². The van der Waals surface area contributed by atoms with E-state index in [2.05, 4.69) is 16.6 Å². The quantitative estimate of drug-likeness (QED) is 0.183. The van der Waals surface area contributed by atoms with E-state index >= 15 is 0 Å². The number of anilines is 1. The molecule has 14 heteroatoms. The molecule has 232 valence electrons. The number of likely N-dealkylation sites (N-methyl/N-ethyl adjacent to an activating group) is 1. The number of Topliss-reactive ketones (excluding diaryl/α,β-unsaturated/α-hetero) is 2. The number of nitrogens with two attached hydrogens (primary N) is 1. The molecule has 43 heavy (non-hydrogen) atoms. The van der Waals surface area contributed by atoms with E-state index in [1.807, 2.05) is 0 Å². The van der Waals surface area contributed by atoms with Gasteiger partial charge in [-0.05, 0) is 58.3 Å². The first kappa shape index (κ1) is 32.0. The number of primary amides is 1. The molecule has 1 aromatic carbocycles. The van der Waals surface area contributed by atoms with Crippen molar-refractivity contribution in [2.75, 3.05) is 39.6 Å². The summed E-state index contributed by atoms with van der Waals surface area (Å²) in [6, 6.07) is 0.484. The second-order valence-corrected chi connectivity index (χ2v) is 14.0. The predicted octanol–water partition coefficient (Wildman–Crippen LogP) is -0.134. The number of allylic oxidation sites excluding steroid dienone is 1. The summed E-state index contributed by atoms with van der Waals surface area (Å²) in [6.45, 7) is 2.77. The van der Waals surface area contributed by atoms with Crippen molar-refractivity contribution in [3.05, 3.63) is 45.4 Å². The van der Waals surface area contributed by atoms with E-state index in [1.54, 1.807) is 39.2 Å². The van der Waals surface area contributed by atoms with Gasteiger partial charge in [0.25, 0.3) is 5.91 Å². The number of ketones is 2. The fourth-order valence-corrected chi connectivity index (χ4v) is 6.84. The summed E-state index contributed by atoms with van der Waals surface area (Å²) in [4.78, 5) is 42.8. The number of hydrogen-bond acceptors (Lipinski definition) is 11. The molecule has 1 aromatic rings. The van der Waals surface area contributed by atoms with Crippen molar-refractivity contribution in [2.45, 2.75) is 43.6 Å². The van der Waals surface area contributed by atoms with Crippen LogP contribution >= 0.6 is 0 Å². The van der Waals surface area contributed by atoms with Crippen molar-refractivity contribution in [3.8, 4) is 17.6 Å². The lowest BCUT2D eigenvalue weighted by Crippen LogP contribution is -2.63. The molecule has 0 spiro atoms. The van der Waals surface area contributed by atoms with Crippen LogP contribution in [0.5, 0.6) is 5.75 Å². The summed E-state index contributed by atoms with van der Waals surface area (Å²) >= 11 is 0. The van der Waals surface area contributed by atoms with Crippen LogP contribution in [0.1, 0.15) is 41.8 Å². The SMILES string of the molecule is CC(C)S(=O)(=O)NCC#Cc1cc(N(C)C)c2c(c1O)C(=O)C1=C(O)[C@]3(O)C(=O)C(C(N)=O)=C(O)[C@@H](N(C)C)[C@@H]3C[C@@H]1C2. The Morgan fingerprint density at radius 2 is 1.81 bits per heavy atom. The number of phenolic OH excluding ortho intramolecular Hbond substituents is 1. The topological polar surface area (TPSA) is 211 Å². The molecule has 0 saturated carbocycles. The van der Waals surface area contributed by atoms with Crippen molar-refractivity contribution in [1.29, 1.82) is 0 Å². The third kappa shape index (κ3) is 4.96. The minimum Gasteiger partial charge on any atom is -0.510 e. The van der Waals surface area contributed by atoms with Gasteiger partial charge < -0.3 is 31.1 Å². The van der Waals surface area contributed by atoms with Gasteiger partial charge in [0.05, 0.1) is 29.0 Å². The van der Waals surface area contributed by atoms with Crippen LogP contribution in [0.2, 0.25) is 0 Å². The van der Waals surface area contributed by atoms with Gasteiger partial charge in [-0.15, -0.1) is 0 Å². The van der Waals surface area contributed by atoms with Crippen molar-refractivity contribution in [3.63, 3.8) is 0 Å². The highest BCUT2D eigenvalue weighted by molar-refractivity contribution is 7.90. The van der Waals surface area contributed by atoms with Gasteiger partial charge in [0.2, 0.25) is 15.8 Å². The van der Waals surface area contributed by atoms with Gasteiger partial charge in [0.15, 0.2) is 11.4 Å². The largest absolute Gasteiger partial charge is 0.510 e. The maximum absolute atomic E-state index is 14.0. The standard InChI is InChI=1S/C29H36N4O9S/c1-13(2)43(41,42)31-9-7-8-14-12-18(32(3)4)16-10-15-11-17-22(33(5)6)25(36)21(28(30)39)27(38)29(17,40)26(37)19(15)24(35)20(16)23(14)34/h12-13,15,17,22,31,34,36-37,40H,9-11H2,1-6H3,(H2,30,39)/t15-,17-,22-,29-/m0/s1. The van der Waals surface area contributed by atoms with Crippen molar-refractivity contribution < 1.29 is 43.2 Å². The number of aliphatic hydroxyl groups excluding tert-OH is 2. The molecule has 7 N–H and O–H groups in total. The second-order valence-electron chi connectivity index (χ2n) is 11.7. The monoisotopic (exact) mass is 616 g/mol. The van der Waals surface area contributed by atoms with Crippen LogP contribution in [-0.4, -0.2) is 103 Å². The Labute approximate surface area is 249 Å². The van der Waals surface area contributed by atoms with Crippen molar-refractivity contribution in [2.24, 2.45) is 17.6 Å². The average Bonchev–Trinajstić information content (AvgIpc) is 2.89. The summed E-state index contributed by atoms with van der Waals surface area (Å²) in [5.41, 5.74) is 2.30. The zero-order valence-corrected chi connectivity index (χ0v) is 25.5. The highest BCUT2D eigenvalue weighted by Crippen LogP contribution is 2.53. The Hall–Kier alpha value is -3.90. The molecule has 0 fully saturated rings. The molecule has 0 bridgehead atoms. The lowest BCUT2D eigenvalue weighted by molar-refractivity contribution is -0.148. The molecule has 3 aliphatic rings. The maximum atomic E-state index is 14.0. The van der Waals surface area contributed by atoms with Crippen LogP contribution in [0.4, 0.5) is 5.69 Å². The summed E-state index contributed by atoms with van der Waals surface area (Å²) in [5.74, 6) is -2.07. The van der Waals surface area contributed by atoms with E-state index in [1.165, 1.54) is 18.7 Å². The Balaban J connectivity index is 1.88. The lowest BCUT2D eigenvalue weighted by Gasteiger charge is -2.50. The number of aliphatic hydroxyl groups is 3. The third-order valence-electron chi connectivity index (χ3n) is 8.39. The smallest absolute Gasteiger partial charge is 0.255 e. The van der Waals surface area contributed by atoms with E-state index < -0.39 is 79.1 Å². The van der Waals surface area contributed by atoms with E-state index in [4.69, 9.17) is 5.73 Å². The molecule has 3 aliphatic carbocycles. The highest BCUT2D eigenvalue weighted by Gasteiger charge is 2.63. The number of carbonyl (C=O) groups excluding carboxylic acids is 3. The molecule has 13 nitrogen and oxygen atoms in total. The van der Waals surface area contributed by atoms with Crippen LogP contribution in [0.25, 0.3) is 0 Å². The third-order valence-corrected chi connectivity index (χ3v) is 10.2. The van der Waals surface area contributed by atoms with E-state index in [9.17, 15) is 43.2 Å². The summed E-state index contributed by atoms with van der Waals surface area (Å²) < 4.78 is 26.4. The van der Waals surface area contributed by atoms with Crippen LogP contribution in [0, 0.1) is 23.7 Å². The molecule has 4 atom stereocenters. The van der Waals surface area contributed by atoms with Crippen molar-refractivity contribution in [1.82, 2.24) is 9.62 Å². The zero-order valence-electron chi connectivity index (χ0n) is 24.7. The summed E-state index contributed by atoms with van der Waals surface area (Å²) in [6.07, 6.45) is 0.0917. The summed E-state index contributed by atoms with van der Waals surface area (Å²) in [5, 5.41) is 44.7. The molecule has 1 amide bonds. The van der Waals surface area contributed by atoms with Gasteiger partial charge in [-0.3, -0.25) is 19.3 Å². The number of nitrogens with zero attached hydrogens (tertiary/aromatic N) is 2. The molecular weight excluding hydrogens is 580 g/mol. The maximum Gasteiger partial charge on any atom is 0.255 e. The van der Waals surface area contributed by atoms with E-state index in [-0.39, 0.29) is 36.1 Å². The molecule has 0 radical (unpaired) electrons. The number of fused-ring (bicyclic) bond motifs is 3. The van der Waals surface area contributed by atoms with Crippen LogP contribution in [0.15, 0.2) is 28.7 Å². The number of rotatable bonds is 6. The Bertz CT molecular complexity index is 1660. The Morgan fingerprint density at radius 3 is 2.35 bits per heavy atom. The first-order chi connectivity index (χ1) is 19.9. The summed E-state index contributed by atoms with van der Waals surface area (Å²) in [7, 11) is 2.99. The number of carbonyl (C=O) groups is 3. The lowest BCUT2D eigenvalue weighted by atomic mass is 9.58. The molecule has 0 heterocycles. The average molecular weight is 617 g/mol. The van der Waals surface area contributed by atoms with Gasteiger partial charge in [-0.2, -0.15) is 0 Å². The Morgan fingerprint density at radius 1 is 1.19 bits per heavy atom. The fourth-order valence-electron chi connectivity index (χ4n) is 6.24. The van der Waals surface area contributed by atoms with Crippen molar-refractivity contribution >= 4 is 33.2 Å². The Kier molecular flexibility index (Phi) is 8.18. The molecule has 0 aromatic heterocycles. The fraction of sp³-hybridized carbons (Fsp3) is 0.483. The number of sulfonamides is 1. The number of hydrogen-bond donors (Lipinski definition) is 6. The van der Waals surface area contributed by atoms with Crippen LogP contribution < -0.4 is 15.4 Å². The minimum absolute atomic E-state index is 0.0239. The van der Waals surface area contributed by atoms with E-state index in [0.717, 1.165) is 0 Å². The first-order valence-corrected chi connectivity index (χ1v) is 15.1. The van der Waals surface area contributed by atoms with Gasteiger partial charge in [-0.25, -0.2) is 13.1 Å². The van der Waals surface area contributed by atoms with Crippen LogP contribution in [-0.2, 0) is 26.0 Å². The molecular formula is C29H36N4O9S. The number of benzene rings is 1.